The second-order valence-electron chi connectivity index (χ2n) is 8.51. The van der Waals surface area contributed by atoms with E-state index in [0.29, 0.717) is 17.9 Å². The molecule has 184 valence electrons. The Balaban J connectivity index is 1.98. The highest BCUT2D eigenvalue weighted by Crippen LogP contribution is 2.29. The predicted molar refractivity (Wildman–Crippen MR) is 134 cm³/mol. The van der Waals surface area contributed by atoms with Gasteiger partial charge >= 0.3 is 0 Å². The number of phenols is 1. The number of amidine groups is 1. The summed E-state index contributed by atoms with van der Waals surface area (Å²) in [5.41, 5.74) is 8.05. The third-order valence-corrected chi connectivity index (χ3v) is 7.54. The first kappa shape index (κ1) is 25.9. The normalized spacial score (nSPS) is 11.7. The molecule has 0 amide bonds. The van der Waals surface area contributed by atoms with E-state index in [-0.39, 0.29) is 35.1 Å². The van der Waals surface area contributed by atoms with Crippen LogP contribution in [0.1, 0.15) is 42.0 Å². The van der Waals surface area contributed by atoms with E-state index in [4.69, 9.17) is 11.1 Å². The van der Waals surface area contributed by atoms with Gasteiger partial charge in [0.1, 0.15) is 16.5 Å². The Hall–Kier alpha value is -3.76. The maximum atomic E-state index is 13.6. The lowest BCUT2D eigenvalue weighted by molar-refractivity contribution is -0.384. The molecule has 4 N–H and O–H groups in total. The molecule has 0 aliphatic carbocycles. The van der Waals surface area contributed by atoms with Crippen LogP contribution in [0.2, 0.25) is 0 Å². The summed E-state index contributed by atoms with van der Waals surface area (Å²) in [4.78, 5) is 10.3. The number of nitro benzene ring substituents is 1. The van der Waals surface area contributed by atoms with Crippen molar-refractivity contribution in [1.29, 1.82) is 5.41 Å². The number of nitro groups is 1. The van der Waals surface area contributed by atoms with Crippen molar-refractivity contribution in [1.82, 2.24) is 4.31 Å². The number of benzene rings is 3. The molecule has 0 aromatic heterocycles. The molecule has 0 unspecified atom stereocenters. The highest BCUT2D eigenvalue weighted by Gasteiger charge is 2.28. The molecule has 0 spiro atoms. The largest absolute Gasteiger partial charge is 0.507 e. The number of aromatic hydroxyl groups is 1. The molecular weight excluding hydrogens is 468 g/mol. The zero-order valence-electron chi connectivity index (χ0n) is 19.5. The number of phenolic OH excluding ortho intramolecular Hbond substituents is 1. The van der Waals surface area contributed by atoms with E-state index in [1.807, 2.05) is 24.3 Å². The van der Waals surface area contributed by atoms with Crippen LogP contribution < -0.4 is 5.73 Å². The third-order valence-electron chi connectivity index (χ3n) is 5.67. The van der Waals surface area contributed by atoms with Crippen molar-refractivity contribution in [2.45, 2.75) is 37.6 Å². The number of non-ortho nitro benzene ring substituents is 1. The van der Waals surface area contributed by atoms with Gasteiger partial charge in [-0.15, -0.1) is 0 Å². The number of nitrogens with two attached hydrogens (primary N) is 1. The number of nitrogens with zero attached hydrogens (tertiary/aromatic N) is 2. The number of nitrogens with one attached hydrogen (secondary N) is 1. The van der Waals surface area contributed by atoms with Crippen molar-refractivity contribution >= 4 is 21.5 Å². The van der Waals surface area contributed by atoms with Gasteiger partial charge in [0.25, 0.3) is 5.69 Å². The zero-order chi connectivity index (χ0) is 25.8. The van der Waals surface area contributed by atoms with Crippen LogP contribution in [0.25, 0.3) is 0 Å². The van der Waals surface area contributed by atoms with E-state index in [2.05, 4.69) is 13.8 Å². The van der Waals surface area contributed by atoms with E-state index >= 15 is 0 Å². The first-order chi connectivity index (χ1) is 16.5. The molecule has 0 fully saturated rings. The molecule has 35 heavy (non-hydrogen) atoms. The fourth-order valence-electron chi connectivity index (χ4n) is 3.61. The van der Waals surface area contributed by atoms with E-state index in [1.54, 1.807) is 6.07 Å². The number of rotatable bonds is 10. The zero-order valence-corrected chi connectivity index (χ0v) is 20.3. The molecule has 9 nitrogen and oxygen atoms in total. The molecule has 0 aliphatic rings. The van der Waals surface area contributed by atoms with Crippen molar-refractivity contribution in [3.63, 3.8) is 0 Å². The summed E-state index contributed by atoms with van der Waals surface area (Å²) in [6, 6.07) is 17.4. The van der Waals surface area contributed by atoms with Crippen molar-refractivity contribution in [2.24, 2.45) is 5.73 Å². The standard InChI is InChI=1S/C25H28N4O5S/c1-17(2)20-8-6-18(7-9-20)12-13-28(16-19-4-3-5-22(14-19)29(31)32)35(33,34)24-15-21(25(26)27)10-11-23(24)30/h3-11,14-15,17,30H,12-13,16H2,1-2H3,(H3,26,27). The third kappa shape index (κ3) is 6.23. The minimum Gasteiger partial charge on any atom is -0.507 e. The molecule has 0 aliphatic heterocycles. The molecule has 3 rings (SSSR count). The van der Waals surface area contributed by atoms with Gasteiger partial charge in [-0.2, -0.15) is 4.31 Å². The van der Waals surface area contributed by atoms with E-state index in [1.165, 1.54) is 40.2 Å². The van der Waals surface area contributed by atoms with Gasteiger partial charge in [-0.1, -0.05) is 50.2 Å². The number of hydrogen-bond donors (Lipinski definition) is 3. The number of hydrogen-bond acceptors (Lipinski definition) is 6. The van der Waals surface area contributed by atoms with E-state index < -0.39 is 20.7 Å². The molecule has 0 saturated heterocycles. The van der Waals surface area contributed by atoms with Crippen LogP contribution in [0.4, 0.5) is 5.69 Å². The van der Waals surface area contributed by atoms with Crippen molar-refractivity contribution < 1.29 is 18.4 Å². The molecule has 0 saturated carbocycles. The molecule has 0 heterocycles. The van der Waals surface area contributed by atoms with Crippen LogP contribution in [0.5, 0.6) is 5.75 Å². The monoisotopic (exact) mass is 496 g/mol. The quantitative estimate of drug-likeness (QED) is 0.166. The lowest BCUT2D eigenvalue weighted by Crippen LogP contribution is -2.33. The van der Waals surface area contributed by atoms with Gasteiger partial charge in [0.05, 0.1) is 4.92 Å². The van der Waals surface area contributed by atoms with Crippen LogP contribution >= 0.6 is 0 Å². The summed E-state index contributed by atoms with van der Waals surface area (Å²) < 4.78 is 28.4. The Morgan fingerprint density at radius 1 is 1.09 bits per heavy atom. The van der Waals surface area contributed by atoms with E-state index in [9.17, 15) is 23.6 Å². The van der Waals surface area contributed by atoms with Crippen molar-refractivity contribution in [3.05, 3.63) is 99.1 Å². The summed E-state index contributed by atoms with van der Waals surface area (Å²) in [5, 5.41) is 29.2. The predicted octanol–water partition coefficient (Wildman–Crippen LogP) is 4.14. The van der Waals surface area contributed by atoms with Gasteiger partial charge in [0.2, 0.25) is 10.0 Å². The Labute approximate surface area is 204 Å². The number of nitrogen functional groups attached to an aromatic ring is 1. The SMILES string of the molecule is CC(C)c1ccc(CCN(Cc2cccc([N+](=O)[O-])c2)S(=O)(=O)c2cc(C(=N)N)ccc2O)cc1. The fourth-order valence-corrected chi connectivity index (χ4v) is 5.14. The minimum atomic E-state index is -4.25. The summed E-state index contributed by atoms with van der Waals surface area (Å²) in [7, 11) is -4.25. The van der Waals surface area contributed by atoms with Gasteiger partial charge in [0.15, 0.2) is 0 Å². The second kappa shape index (κ2) is 10.7. The summed E-state index contributed by atoms with van der Waals surface area (Å²) in [6.07, 6.45) is 0.389. The van der Waals surface area contributed by atoms with Crippen LogP contribution in [0.15, 0.2) is 71.6 Å². The average molecular weight is 497 g/mol. The van der Waals surface area contributed by atoms with Gasteiger partial charge in [-0.25, -0.2) is 8.42 Å². The van der Waals surface area contributed by atoms with Gasteiger partial charge in [-0.05, 0) is 47.2 Å². The molecule has 0 radical (unpaired) electrons. The van der Waals surface area contributed by atoms with Crippen molar-refractivity contribution in [3.8, 4) is 5.75 Å². The number of sulfonamides is 1. The summed E-state index contributed by atoms with van der Waals surface area (Å²) >= 11 is 0. The topological polar surface area (TPSA) is 151 Å². The highest BCUT2D eigenvalue weighted by atomic mass is 32.2. The van der Waals surface area contributed by atoms with Gasteiger partial charge < -0.3 is 10.8 Å². The van der Waals surface area contributed by atoms with Crippen LogP contribution in [-0.2, 0) is 23.0 Å². The van der Waals surface area contributed by atoms with E-state index in [0.717, 1.165) is 11.6 Å². The van der Waals surface area contributed by atoms with Crippen LogP contribution in [0.3, 0.4) is 0 Å². The first-order valence-corrected chi connectivity index (χ1v) is 12.4. The maximum Gasteiger partial charge on any atom is 0.269 e. The second-order valence-corrected chi connectivity index (χ2v) is 10.4. The van der Waals surface area contributed by atoms with Crippen LogP contribution in [-0.4, -0.2) is 35.1 Å². The van der Waals surface area contributed by atoms with Gasteiger partial charge in [0, 0.05) is 30.8 Å². The Kier molecular flexibility index (Phi) is 7.88. The molecule has 0 bridgehead atoms. The lowest BCUT2D eigenvalue weighted by atomic mass is 10.0. The van der Waals surface area contributed by atoms with Gasteiger partial charge in [-0.3, -0.25) is 15.5 Å². The maximum absolute atomic E-state index is 13.6. The Morgan fingerprint density at radius 2 is 1.77 bits per heavy atom. The first-order valence-electron chi connectivity index (χ1n) is 11.0. The smallest absolute Gasteiger partial charge is 0.269 e. The molecule has 3 aromatic rings. The molecule has 10 heteroatoms. The summed E-state index contributed by atoms with van der Waals surface area (Å²) in [5.74, 6) is -0.441. The highest BCUT2D eigenvalue weighted by molar-refractivity contribution is 7.89. The lowest BCUT2D eigenvalue weighted by Gasteiger charge is -2.23. The van der Waals surface area contributed by atoms with Crippen molar-refractivity contribution in [2.75, 3.05) is 6.54 Å². The molecule has 3 aromatic carbocycles. The Bertz CT molecular complexity index is 1340. The fraction of sp³-hybridized carbons (Fsp3) is 0.240. The molecule has 0 atom stereocenters. The average Bonchev–Trinajstić information content (AvgIpc) is 2.82. The van der Waals surface area contributed by atoms with Crippen LogP contribution in [0, 0.1) is 15.5 Å². The molecular formula is C25H28N4O5S. The summed E-state index contributed by atoms with van der Waals surface area (Å²) in [6.45, 7) is 4.10. The Morgan fingerprint density at radius 3 is 2.37 bits per heavy atom. The minimum absolute atomic E-state index is 0.0653.